The summed E-state index contributed by atoms with van der Waals surface area (Å²) >= 11 is 0. The number of benzene rings is 1. The van der Waals surface area contributed by atoms with Crippen LogP contribution in [-0.4, -0.2) is 95.0 Å². The van der Waals surface area contributed by atoms with Crippen molar-refractivity contribution < 1.29 is 48.2 Å². The van der Waals surface area contributed by atoms with Crippen molar-refractivity contribution in [2.24, 2.45) is 11.7 Å². The molecule has 16 nitrogen and oxygen atoms in total. The van der Waals surface area contributed by atoms with Crippen LogP contribution >= 0.6 is 0 Å². The SMILES string of the molecule is CC(C)C[C@@H](NCC(=O)C(CN)N1C(=O)C=CC1=O)C(=O)N[C@@H](C)C(=O)N[C@@H](CCC(=O)O)C(=O)Nc1ccc(COC=O)cc1. The molecule has 7 N–H and O–H groups in total. The Morgan fingerprint density at radius 3 is 2.11 bits per heavy atom. The summed E-state index contributed by atoms with van der Waals surface area (Å²) in [5, 5.41) is 19.6. The molecule has 250 valence electrons. The molecule has 0 fully saturated rings. The van der Waals surface area contributed by atoms with E-state index >= 15 is 0 Å². The first-order valence-electron chi connectivity index (χ1n) is 14.6. The molecule has 1 aliphatic heterocycles. The highest BCUT2D eigenvalue weighted by atomic mass is 16.5. The summed E-state index contributed by atoms with van der Waals surface area (Å²) in [6.45, 7) is 4.69. The van der Waals surface area contributed by atoms with E-state index in [0.717, 1.165) is 17.1 Å². The monoisotopic (exact) mass is 644 g/mol. The molecule has 0 bridgehead atoms. The maximum atomic E-state index is 13.2. The highest BCUT2D eigenvalue weighted by molar-refractivity contribution is 6.15. The van der Waals surface area contributed by atoms with Gasteiger partial charge in [0.05, 0.1) is 12.6 Å². The van der Waals surface area contributed by atoms with Gasteiger partial charge < -0.3 is 31.5 Å². The number of hydrogen-bond donors (Lipinski definition) is 6. The average Bonchev–Trinajstić information content (AvgIpc) is 3.33. The lowest BCUT2D eigenvalue weighted by Gasteiger charge is -2.26. The van der Waals surface area contributed by atoms with Crippen LogP contribution in [0, 0.1) is 5.92 Å². The molecular weight excluding hydrogens is 604 g/mol. The number of carbonyl (C=O) groups is 8. The van der Waals surface area contributed by atoms with Crippen LogP contribution in [0.3, 0.4) is 0 Å². The van der Waals surface area contributed by atoms with Gasteiger partial charge in [-0.1, -0.05) is 26.0 Å². The van der Waals surface area contributed by atoms with Crippen molar-refractivity contribution in [2.45, 2.75) is 70.8 Å². The number of imide groups is 1. The van der Waals surface area contributed by atoms with Gasteiger partial charge in [0.1, 0.15) is 24.7 Å². The summed E-state index contributed by atoms with van der Waals surface area (Å²) in [6, 6.07) is 1.69. The molecule has 4 atom stereocenters. The number of Topliss-reactive ketones (excluding diaryl/α,β-unsaturated/α-hetero) is 1. The number of amides is 5. The van der Waals surface area contributed by atoms with Crippen molar-refractivity contribution in [3.05, 3.63) is 42.0 Å². The number of carboxylic acids is 1. The van der Waals surface area contributed by atoms with Crippen LogP contribution in [0.5, 0.6) is 0 Å². The lowest BCUT2D eigenvalue weighted by molar-refractivity contribution is -0.144. The highest BCUT2D eigenvalue weighted by Gasteiger charge is 2.35. The summed E-state index contributed by atoms with van der Waals surface area (Å²) in [7, 11) is 0. The Balaban J connectivity index is 2.04. The Morgan fingerprint density at radius 2 is 1.57 bits per heavy atom. The Bertz CT molecular complexity index is 1310. The average molecular weight is 645 g/mol. The maximum Gasteiger partial charge on any atom is 0.303 e. The largest absolute Gasteiger partial charge is 0.481 e. The molecular formula is C30H40N6O10. The van der Waals surface area contributed by atoms with Crippen LogP contribution in [0.15, 0.2) is 36.4 Å². The molecule has 1 aromatic rings. The fourth-order valence-electron chi connectivity index (χ4n) is 4.45. The van der Waals surface area contributed by atoms with Crippen molar-refractivity contribution in [1.29, 1.82) is 0 Å². The van der Waals surface area contributed by atoms with E-state index in [9.17, 15) is 38.4 Å². The quantitative estimate of drug-likeness (QED) is 0.0738. The van der Waals surface area contributed by atoms with E-state index in [1.165, 1.54) is 6.92 Å². The van der Waals surface area contributed by atoms with Gasteiger partial charge in [0.25, 0.3) is 18.3 Å². The van der Waals surface area contributed by atoms with E-state index in [1.807, 2.05) is 13.8 Å². The van der Waals surface area contributed by atoms with E-state index in [-0.39, 0.29) is 31.9 Å². The molecule has 5 amide bonds. The molecule has 16 heteroatoms. The number of nitrogens with two attached hydrogens (primary N) is 1. The number of nitrogens with zero attached hydrogens (tertiary/aromatic N) is 1. The normalized spacial score (nSPS) is 15.1. The number of carbonyl (C=O) groups excluding carboxylic acids is 7. The molecule has 2 rings (SSSR count). The van der Waals surface area contributed by atoms with Gasteiger partial charge in [-0.25, -0.2) is 0 Å². The number of ether oxygens (including phenoxy) is 1. The standard InChI is InChI=1S/C30H40N6O10/c1-17(2)12-22(32-14-24(38)23(13-31)36-25(39)9-10-26(36)40)30(45)33-18(3)28(43)35-21(8-11-27(41)42)29(44)34-20-6-4-19(5-7-20)15-46-16-37/h4-7,9-10,16-18,21-23,32H,8,11-15,31H2,1-3H3,(H,33,45)(H,34,44)(H,35,43)(H,41,42)/t18-,21-,22+,23?/m0/s1. The summed E-state index contributed by atoms with van der Waals surface area (Å²) < 4.78 is 4.67. The molecule has 1 heterocycles. The van der Waals surface area contributed by atoms with Crippen molar-refractivity contribution in [1.82, 2.24) is 20.9 Å². The van der Waals surface area contributed by atoms with Crippen LogP contribution in [0.1, 0.15) is 45.6 Å². The molecule has 0 aromatic heterocycles. The Morgan fingerprint density at radius 1 is 0.935 bits per heavy atom. The van der Waals surface area contributed by atoms with Gasteiger partial charge in [0.2, 0.25) is 17.7 Å². The number of hydrogen-bond acceptors (Lipinski definition) is 11. The van der Waals surface area contributed by atoms with Crippen LogP contribution < -0.4 is 27.0 Å². The van der Waals surface area contributed by atoms with E-state index < -0.39 is 78.4 Å². The summed E-state index contributed by atoms with van der Waals surface area (Å²) in [5.74, 6) is -5.21. The van der Waals surface area contributed by atoms with Gasteiger partial charge >= 0.3 is 5.97 Å². The van der Waals surface area contributed by atoms with E-state index in [0.29, 0.717) is 17.7 Å². The Kier molecular flexibility index (Phi) is 14.7. The minimum Gasteiger partial charge on any atom is -0.481 e. The topological polar surface area (TPSA) is 243 Å². The fraction of sp³-hybridized carbons (Fsp3) is 0.467. The van der Waals surface area contributed by atoms with Crippen molar-refractivity contribution >= 4 is 53.4 Å². The number of nitrogens with one attached hydrogen (secondary N) is 4. The number of rotatable bonds is 20. The molecule has 0 aliphatic carbocycles. The Labute approximate surface area is 265 Å². The molecule has 1 aliphatic rings. The molecule has 1 unspecified atom stereocenters. The van der Waals surface area contributed by atoms with E-state index in [1.54, 1.807) is 24.3 Å². The van der Waals surface area contributed by atoms with Crippen molar-refractivity contribution in [3.63, 3.8) is 0 Å². The van der Waals surface area contributed by atoms with Crippen molar-refractivity contribution in [2.75, 3.05) is 18.4 Å². The van der Waals surface area contributed by atoms with Gasteiger partial charge in [-0.05, 0) is 43.4 Å². The molecule has 0 saturated heterocycles. The number of ketones is 1. The van der Waals surface area contributed by atoms with Crippen LogP contribution in [0.25, 0.3) is 0 Å². The predicted octanol–water partition coefficient (Wildman–Crippen LogP) is -1.02. The third-order valence-corrected chi connectivity index (χ3v) is 6.87. The zero-order valence-electron chi connectivity index (χ0n) is 25.8. The smallest absolute Gasteiger partial charge is 0.303 e. The molecule has 0 saturated carbocycles. The summed E-state index contributed by atoms with van der Waals surface area (Å²) in [5.41, 5.74) is 6.67. The summed E-state index contributed by atoms with van der Waals surface area (Å²) in [6.07, 6.45) is 1.67. The van der Waals surface area contributed by atoms with Crippen LogP contribution in [0.2, 0.25) is 0 Å². The fourth-order valence-corrected chi connectivity index (χ4v) is 4.45. The molecule has 1 aromatic carbocycles. The predicted molar refractivity (Wildman–Crippen MR) is 162 cm³/mol. The molecule has 46 heavy (non-hydrogen) atoms. The van der Waals surface area contributed by atoms with Crippen molar-refractivity contribution in [3.8, 4) is 0 Å². The number of aliphatic carboxylic acids is 1. The lowest BCUT2D eigenvalue weighted by atomic mass is 10.0. The second-order valence-corrected chi connectivity index (χ2v) is 11.0. The number of carboxylic acid groups (broad SMARTS) is 1. The minimum absolute atomic E-state index is 0.0190. The zero-order chi connectivity index (χ0) is 34.4. The van der Waals surface area contributed by atoms with Gasteiger partial charge in [-0.2, -0.15) is 0 Å². The summed E-state index contributed by atoms with van der Waals surface area (Å²) in [4.78, 5) is 98.4. The zero-order valence-corrected chi connectivity index (χ0v) is 25.8. The molecule has 0 spiro atoms. The van der Waals surface area contributed by atoms with E-state index in [2.05, 4.69) is 26.0 Å². The minimum atomic E-state index is -1.26. The first-order chi connectivity index (χ1) is 21.8. The van der Waals surface area contributed by atoms with Gasteiger partial charge in [0, 0.05) is 30.8 Å². The second-order valence-electron chi connectivity index (χ2n) is 11.0. The highest BCUT2D eigenvalue weighted by Crippen LogP contribution is 2.13. The maximum absolute atomic E-state index is 13.2. The first-order valence-corrected chi connectivity index (χ1v) is 14.6. The van der Waals surface area contributed by atoms with Gasteiger partial charge in [-0.3, -0.25) is 48.6 Å². The van der Waals surface area contributed by atoms with Gasteiger partial charge in [-0.15, -0.1) is 0 Å². The lowest BCUT2D eigenvalue weighted by Crippen LogP contribution is -2.56. The third kappa shape index (κ3) is 11.5. The van der Waals surface area contributed by atoms with E-state index in [4.69, 9.17) is 10.8 Å². The van der Waals surface area contributed by atoms with Gasteiger partial charge in [0.15, 0.2) is 5.78 Å². The third-order valence-electron chi connectivity index (χ3n) is 6.87. The van der Waals surface area contributed by atoms with Crippen LogP contribution in [0.4, 0.5) is 5.69 Å². The Hall–Kier alpha value is -4.96. The molecule has 0 radical (unpaired) electrons. The number of anilines is 1. The second kappa shape index (κ2) is 18.1. The first kappa shape index (κ1) is 37.2. The van der Waals surface area contributed by atoms with Crippen LogP contribution in [-0.2, 0) is 49.7 Å².